The highest BCUT2D eigenvalue weighted by molar-refractivity contribution is 6.33. The molecule has 0 radical (unpaired) electrons. The number of fused-ring (bicyclic) bond motifs is 1. The molecule has 1 saturated heterocycles. The third kappa shape index (κ3) is 3.53. The summed E-state index contributed by atoms with van der Waals surface area (Å²) in [6.45, 7) is 1.98. The number of hydrogen-bond acceptors (Lipinski definition) is 4. The lowest BCUT2D eigenvalue weighted by Crippen LogP contribution is -2.29. The van der Waals surface area contributed by atoms with Crippen molar-refractivity contribution in [1.82, 2.24) is 9.38 Å². The fourth-order valence-corrected chi connectivity index (χ4v) is 3.66. The van der Waals surface area contributed by atoms with Crippen molar-refractivity contribution >= 4 is 34.5 Å². The molecule has 1 aliphatic heterocycles. The van der Waals surface area contributed by atoms with Gasteiger partial charge in [-0.3, -0.25) is 14.0 Å². The number of rotatable bonds is 3. The molecule has 3 aromatic rings. The van der Waals surface area contributed by atoms with Crippen LogP contribution in [-0.2, 0) is 0 Å². The average molecular weight is 383 g/mol. The summed E-state index contributed by atoms with van der Waals surface area (Å²) in [4.78, 5) is 31.5. The van der Waals surface area contributed by atoms with Crippen LogP contribution in [0.15, 0.2) is 53.6 Å². The lowest BCUT2D eigenvalue weighted by molar-refractivity contribution is 0.102. The van der Waals surface area contributed by atoms with E-state index < -0.39 is 11.5 Å². The van der Waals surface area contributed by atoms with Crippen LogP contribution in [-0.4, -0.2) is 28.4 Å². The molecular weight excluding hydrogens is 364 g/mol. The molecular formula is C20H19ClN4O2. The van der Waals surface area contributed by atoms with Crippen molar-refractivity contribution in [2.45, 2.75) is 19.3 Å². The quantitative estimate of drug-likeness (QED) is 0.751. The number of nitrogens with one attached hydrogen (secondary N) is 1. The standard InChI is InChI=1S/C20H19ClN4O2/c21-16-12-14(7-8-17(16)24-9-3-1-4-10-24)23-19(26)15-13-22-18-6-2-5-11-25(18)20(15)27/h2,5-8,11-13H,1,3-4,9-10H2,(H,23,26). The monoisotopic (exact) mass is 382 g/mol. The third-order valence-corrected chi connectivity index (χ3v) is 5.06. The summed E-state index contributed by atoms with van der Waals surface area (Å²) in [6.07, 6.45) is 6.46. The van der Waals surface area contributed by atoms with Gasteiger partial charge in [-0.1, -0.05) is 17.7 Å². The minimum atomic E-state index is -0.507. The number of carbonyl (C=O) groups excluding carboxylic acids is 1. The second-order valence-electron chi connectivity index (χ2n) is 6.57. The van der Waals surface area contributed by atoms with Gasteiger partial charge in [-0.05, 0) is 49.6 Å². The fraction of sp³-hybridized carbons (Fsp3) is 0.250. The van der Waals surface area contributed by atoms with E-state index in [2.05, 4.69) is 15.2 Å². The highest BCUT2D eigenvalue weighted by Crippen LogP contribution is 2.30. The van der Waals surface area contributed by atoms with Crippen molar-refractivity contribution in [2.75, 3.05) is 23.3 Å². The summed E-state index contributed by atoms with van der Waals surface area (Å²) in [6, 6.07) is 10.6. The van der Waals surface area contributed by atoms with Crippen LogP contribution in [0.5, 0.6) is 0 Å². The molecule has 27 heavy (non-hydrogen) atoms. The molecule has 6 nitrogen and oxygen atoms in total. The van der Waals surface area contributed by atoms with E-state index in [1.807, 2.05) is 6.07 Å². The average Bonchev–Trinajstić information content (AvgIpc) is 2.69. The lowest BCUT2D eigenvalue weighted by atomic mass is 10.1. The van der Waals surface area contributed by atoms with Crippen LogP contribution in [0.3, 0.4) is 0 Å². The van der Waals surface area contributed by atoms with Crippen LogP contribution in [0, 0.1) is 0 Å². The molecule has 3 heterocycles. The normalized spacial score (nSPS) is 14.3. The number of anilines is 2. The van der Waals surface area contributed by atoms with E-state index in [0.717, 1.165) is 31.6 Å². The topological polar surface area (TPSA) is 66.7 Å². The smallest absolute Gasteiger partial charge is 0.270 e. The highest BCUT2D eigenvalue weighted by atomic mass is 35.5. The van der Waals surface area contributed by atoms with Gasteiger partial charge in [0, 0.05) is 31.2 Å². The molecule has 1 aliphatic rings. The van der Waals surface area contributed by atoms with Gasteiger partial charge in [0.25, 0.3) is 11.5 Å². The van der Waals surface area contributed by atoms with Gasteiger partial charge in [-0.25, -0.2) is 4.98 Å². The number of aromatic nitrogens is 2. The first-order chi connectivity index (χ1) is 13.1. The molecule has 1 N–H and O–H groups in total. The Morgan fingerprint density at radius 2 is 1.93 bits per heavy atom. The van der Waals surface area contributed by atoms with Crippen LogP contribution in [0.2, 0.25) is 5.02 Å². The molecule has 1 amide bonds. The minimum Gasteiger partial charge on any atom is -0.370 e. The number of pyridine rings is 1. The van der Waals surface area contributed by atoms with Gasteiger partial charge in [0.2, 0.25) is 0 Å². The van der Waals surface area contributed by atoms with Crippen molar-refractivity contribution in [3.8, 4) is 0 Å². The van der Waals surface area contributed by atoms with Crippen LogP contribution in [0.1, 0.15) is 29.6 Å². The van der Waals surface area contributed by atoms with E-state index in [1.54, 1.807) is 36.5 Å². The van der Waals surface area contributed by atoms with Gasteiger partial charge in [-0.2, -0.15) is 0 Å². The molecule has 2 aromatic heterocycles. The minimum absolute atomic E-state index is 0.0186. The van der Waals surface area contributed by atoms with E-state index in [0.29, 0.717) is 16.4 Å². The molecule has 1 fully saturated rings. The molecule has 0 bridgehead atoms. The Hall–Kier alpha value is -2.86. The third-order valence-electron chi connectivity index (χ3n) is 4.76. The summed E-state index contributed by atoms with van der Waals surface area (Å²) < 4.78 is 1.35. The number of amides is 1. The second-order valence-corrected chi connectivity index (χ2v) is 6.98. The Bertz CT molecular complexity index is 1060. The van der Waals surface area contributed by atoms with Gasteiger partial charge in [0.05, 0.1) is 10.7 Å². The first-order valence-electron chi connectivity index (χ1n) is 8.96. The zero-order valence-electron chi connectivity index (χ0n) is 14.7. The number of halogens is 1. The van der Waals surface area contributed by atoms with E-state index in [-0.39, 0.29) is 5.56 Å². The van der Waals surface area contributed by atoms with E-state index in [1.165, 1.54) is 17.0 Å². The Kier molecular flexibility index (Phi) is 4.81. The maximum Gasteiger partial charge on any atom is 0.270 e. The Morgan fingerprint density at radius 1 is 1.11 bits per heavy atom. The van der Waals surface area contributed by atoms with Crippen LogP contribution < -0.4 is 15.8 Å². The van der Waals surface area contributed by atoms with E-state index >= 15 is 0 Å². The molecule has 4 rings (SSSR count). The number of hydrogen-bond donors (Lipinski definition) is 1. The molecule has 0 atom stereocenters. The summed E-state index contributed by atoms with van der Waals surface area (Å²) in [5.41, 5.74) is 1.59. The van der Waals surface area contributed by atoms with Crippen molar-refractivity contribution in [3.05, 3.63) is 69.7 Å². The fourth-order valence-electron chi connectivity index (χ4n) is 3.36. The predicted molar refractivity (Wildman–Crippen MR) is 107 cm³/mol. The molecule has 0 saturated carbocycles. The molecule has 7 heteroatoms. The van der Waals surface area contributed by atoms with Gasteiger partial charge >= 0.3 is 0 Å². The zero-order chi connectivity index (χ0) is 18.8. The largest absolute Gasteiger partial charge is 0.370 e. The van der Waals surface area contributed by atoms with Crippen molar-refractivity contribution in [3.63, 3.8) is 0 Å². The van der Waals surface area contributed by atoms with Crippen molar-refractivity contribution in [1.29, 1.82) is 0 Å². The van der Waals surface area contributed by atoms with Crippen molar-refractivity contribution < 1.29 is 4.79 Å². The molecule has 0 aliphatic carbocycles. The Labute approximate surface area is 161 Å². The summed E-state index contributed by atoms with van der Waals surface area (Å²) in [5.74, 6) is -0.507. The number of nitrogens with zero attached hydrogens (tertiary/aromatic N) is 3. The molecule has 0 unspecified atom stereocenters. The number of benzene rings is 1. The van der Waals surface area contributed by atoms with Crippen molar-refractivity contribution in [2.24, 2.45) is 0 Å². The van der Waals surface area contributed by atoms with Crippen LogP contribution in [0.4, 0.5) is 11.4 Å². The van der Waals surface area contributed by atoms with Gasteiger partial charge in [-0.15, -0.1) is 0 Å². The zero-order valence-corrected chi connectivity index (χ0v) is 15.4. The molecule has 0 spiro atoms. The van der Waals surface area contributed by atoms with Crippen LogP contribution in [0.25, 0.3) is 5.65 Å². The summed E-state index contributed by atoms with van der Waals surface area (Å²) in [5, 5.41) is 3.33. The maximum absolute atomic E-state index is 12.6. The first-order valence-corrected chi connectivity index (χ1v) is 9.33. The first kappa shape index (κ1) is 17.5. The number of carbonyl (C=O) groups is 1. The van der Waals surface area contributed by atoms with E-state index in [9.17, 15) is 9.59 Å². The SMILES string of the molecule is O=C(Nc1ccc(N2CCCCC2)c(Cl)c1)c1cnc2ccccn2c1=O. The highest BCUT2D eigenvalue weighted by Gasteiger charge is 2.16. The molecule has 138 valence electrons. The summed E-state index contributed by atoms with van der Waals surface area (Å²) >= 11 is 6.43. The van der Waals surface area contributed by atoms with Gasteiger partial charge < -0.3 is 10.2 Å². The van der Waals surface area contributed by atoms with Gasteiger partial charge in [0.15, 0.2) is 0 Å². The Morgan fingerprint density at radius 3 is 2.70 bits per heavy atom. The van der Waals surface area contributed by atoms with E-state index in [4.69, 9.17) is 11.6 Å². The number of piperidine rings is 1. The molecule has 1 aromatic carbocycles. The Balaban J connectivity index is 1.57. The van der Waals surface area contributed by atoms with Gasteiger partial charge in [0.1, 0.15) is 11.2 Å². The lowest BCUT2D eigenvalue weighted by Gasteiger charge is -2.29. The predicted octanol–water partition coefficient (Wildman–Crippen LogP) is 3.59. The maximum atomic E-state index is 12.6. The van der Waals surface area contributed by atoms with Crippen LogP contribution >= 0.6 is 11.6 Å². The second kappa shape index (κ2) is 7.40. The summed E-state index contributed by atoms with van der Waals surface area (Å²) in [7, 11) is 0.